The van der Waals surface area contributed by atoms with Crippen LogP contribution in [0.15, 0.2) is 48.6 Å². The van der Waals surface area contributed by atoms with Crippen LogP contribution in [0.4, 0.5) is 5.69 Å². The van der Waals surface area contributed by atoms with Gasteiger partial charge in [0.05, 0.1) is 6.04 Å². The molecule has 2 aliphatic heterocycles. The van der Waals surface area contributed by atoms with Gasteiger partial charge in [-0.1, -0.05) is 30.4 Å². The minimum absolute atomic E-state index is 0.0462. The second kappa shape index (κ2) is 4.57. The summed E-state index contributed by atoms with van der Waals surface area (Å²) in [4.78, 5) is 14.0. The van der Waals surface area contributed by atoms with Gasteiger partial charge in [0.15, 0.2) is 0 Å². The first-order chi connectivity index (χ1) is 10.3. The molecule has 1 aromatic rings. The van der Waals surface area contributed by atoms with Gasteiger partial charge in [0.25, 0.3) is 0 Å². The summed E-state index contributed by atoms with van der Waals surface area (Å²) in [7, 11) is 0. The van der Waals surface area contributed by atoms with Crippen LogP contribution in [-0.2, 0) is 10.2 Å². The van der Waals surface area contributed by atoms with E-state index in [1.54, 1.807) is 0 Å². The highest BCUT2D eigenvalue weighted by Gasteiger charge is 2.58. The molecule has 1 N–H and O–H groups in total. The van der Waals surface area contributed by atoms with E-state index in [1.165, 1.54) is 11.3 Å². The molecule has 0 unspecified atom stereocenters. The third-order valence-electron chi connectivity index (χ3n) is 5.50. The third-order valence-corrected chi connectivity index (χ3v) is 5.50. The van der Waals surface area contributed by atoms with Crippen LogP contribution in [0.3, 0.4) is 0 Å². The largest absolute Gasteiger partial charge is 0.377 e. The van der Waals surface area contributed by atoms with Gasteiger partial charge in [0.2, 0.25) is 0 Å². The summed E-state index contributed by atoms with van der Waals surface area (Å²) in [5, 5.41) is 3.61. The molecule has 1 saturated heterocycles. The lowest BCUT2D eigenvalue weighted by molar-refractivity contribution is -0.105. The maximum Gasteiger partial charge on any atom is 0.147 e. The van der Waals surface area contributed by atoms with E-state index in [0.29, 0.717) is 6.04 Å². The number of nitrogens with zero attached hydrogens (tertiary/aromatic N) is 1. The number of likely N-dealkylation sites (tertiary alicyclic amines) is 1. The molecule has 3 atom stereocenters. The van der Waals surface area contributed by atoms with Gasteiger partial charge < -0.3 is 5.32 Å². The van der Waals surface area contributed by atoms with Crippen molar-refractivity contribution in [3.63, 3.8) is 0 Å². The molecule has 4 rings (SSSR count). The Morgan fingerprint density at radius 3 is 3.10 bits per heavy atom. The molecule has 0 saturated carbocycles. The van der Waals surface area contributed by atoms with E-state index in [-0.39, 0.29) is 11.5 Å². The number of aldehydes is 1. The van der Waals surface area contributed by atoms with E-state index in [1.807, 2.05) is 6.08 Å². The Labute approximate surface area is 125 Å². The van der Waals surface area contributed by atoms with Gasteiger partial charge >= 0.3 is 0 Å². The van der Waals surface area contributed by atoms with E-state index in [9.17, 15) is 4.79 Å². The molecule has 3 aliphatic rings. The van der Waals surface area contributed by atoms with Crippen molar-refractivity contribution in [1.82, 2.24) is 4.90 Å². The number of anilines is 1. The van der Waals surface area contributed by atoms with Crippen LogP contribution in [0.2, 0.25) is 0 Å². The van der Waals surface area contributed by atoms with E-state index < -0.39 is 0 Å². The van der Waals surface area contributed by atoms with Crippen LogP contribution >= 0.6 is 0 Å². The highest BCUT2D eigenvalue weighted by Crippen LogP contribution is 2.55. The zero-order valence-corrected chi connectivity index (χ0v) is 12.1. The van der Waals surface area contributed by atoms with Gasteiger partial charge in [0, 0.05) is 29.3 Å². The van der Waals surface area contributed by atoms with Crippen molar-refractivity contribution in [2.45, 2.75) is 30.3 Å². The summed E-state index contributed by atoms with van der Waals surface area (Å²) in [5.41, 5.74) is 3.55. The van der Waals surface area contributed by atoms with Crippen molar-refractivity contribution in [2.24, 2.45) is 0 Å². The van der Waals surface area contributed by atoms with Crippen molar-refractivity contribution < 1.29 is 4.79 Å². The number of nitrogens with one attached hydrogen (secondary N) is 1. The lowest BCUT2D eigenvalue weighted by Gasteiger charge is -2.42. The Kier molecular flexibility index (Phi) is 2.79. The van der Waals surface area contributed by atoms with Gasteiger partial charge in [-0.05, 0) is 31.0 Å². The summed E-state index contributed by atoms with van der Waals surface area (Å²) in [6.07, 6.45) is 7.21. The van der Waals surface area contributed by atoms with E-state index in [2.05, 4.69) is 47.1 Å². The first-order valence-corrected chi connectivity index (χ1v) is 7.67. The second-order valence-corrected chi connectivity index (χ2v) is 6.27. The molecule has 108 valence electrons. The fraction of sp³-hybridized carbons (Fsp3) is 0.389. The average Bonchev–Trinajstić information content (AvgIpc) is 3.05. The molecule has 3 nitrogen and oxygen atoms in total. The molecule has 1 spiro atoms. The van der Waals surface area contributed by atoms with Crippen molar-refractivity contribution >= 4 is 12.0 Å². The minimum Gasteiger partial charge on any atom is -0.377 e. The van der Waals surface area contributed by atoms with Gasteiger partial charge in [-0.3, -0.25) is 9.69 Å². The first kappa shape index (κ1) is 12.8. The monoisotopic (exact) mass is 280 g/mol. The molecule has 0 amide bonds. The zero-order valence-electron chi connectivity index (χ0n) is 12.1. The van der Waals surface area contributed by atoms with Crippen molar-refractivity contribution in [2.75, 3.05) is 18.4 Å². The van der Waals surface area contributed by atoms with Crippen LogP contribution < -0.4 is 5.32 Å². The predicted octanol–water partition coefficient (Wildman–Crippen LogP) is 2.51. The van der Waals surface area contributed by atoms with Gasteiger partial charge in [-0.25, -0.2) is 0 Å². The van der Waals surface area contributed by atoms with Crippen LogP contribution in [-0.4, -0.2) is 36.4 Å². The number of para-hydroxylation sites is 1. The number of benzene rings is 1. The lowest BCUT2D eigenvalue weighted by atomic mass is 9.65. The number of fused-ring (bicyclic) bond motifs is 1. The molecular formula is C18H20N2O. The van der Waals surface area contributed by atoms with E-state index >= 15 is 0 Å². The van der Waals surface area contributed by atoms with Gasteiger partial charge in [-0.15, -0.1) is 6.58 Å². The summed E-state index contributed by atoms with van der Waals surface area (Å²) in [5.74, 6) is 0. The van der Waals surface area contributed by atoms with Crippen LogP contribution in [0.25, 0.3) is 0 Å². The molecule has 2 heterocycles. The Morgan fingerprint density at radius 2 is 2.29 bits per heavy atom. The first-order valence-electron chi connectivity index (χ1n) is 7.67. The Hall–Kier alpha value is -1.87. The molecule has 3 heteroatoms. The number of hydrogen-bond donors (Lipinski definition) is 1. The van der Waals surface area contributed by atoms with Crippen molar-refractivity contribution in [3.05, 3.63) is 54.1 Å². The molecule has 1 aliphatic carbocycles. The topological polar surface area (TPSA) is 32.3 Å². The molecule has 21 heavy (non-hydrogen) atoms. The SMILES string of the molecule is C=CCN1CC[C@]23c4ccccc4N[C@H]2C(C=O)=CC[C@H]13. The van der Waals surface area contributed by atoms with Crippen LogP contribution in [0.5, 0.6) is 0 Å². The van der Waals surface area contributed by atoms with E-state index in [0.717, 1.165) is 37.8 Å². The van der Waals surface area contributed by atoms with E-state index in [4.69, 9.17) is 0 Å². The highest BCUT2D eigenvalue weighted by molar-refractivity contribution is 5.81. The molecule has 1 fully saturated rings. The Balaban J connectivity index is 1.87. The fourth-order valence-corrected chi connectivity index (χ4v) is 4.69. The summed E-state index contributed by atoms with van der Waals surface area (Å²) in [6, 6.07) is 9.14. The molecule has 0 aromatic heterocycles. The molecule has 0 radical (unpaired) electrons. The molecule has 1 aromatic carbocycles. The normalized spacial score (nSPS) is 33.4. The minimum atomic E-state index is 0.0462. The Bertz CT molecular complexity index is 636. The molecule has 0 bridgehead atoms. The summed E-state index contributed by atoms with van der Waals surface area (Å²) >= 11 is 0. The summed E-state index contributed by atoms with van der Waals surface area (Å²) < 4.78 is 0. The smallest absolute Gasteiger partial charge is 0.147 e. The van der Waals surface area contributed by atoms with Gasteiger partial charge in [-0.2, -0.15) is 0 Å². The number of hydrogen-bond acceptors (Lipinski definition) is 3. The zero-order chi connectivity index (χ0) is 14.4. The number of rotatable bonds is 3. The fourth-order valence-electron chi connectivity index (χ4n) is 4.69. The predicted molar refractivity (Wildman–Crippen MR) is 84.5 cm³/mol. The second-order valence-electron chi connectivity index (χ2n) is 6.27. The Morgan fingerprint density at radius 1 is 1.43 bits per heavy atom. The van der Waals surface area contributed by atoms with Gasteiger partial charge in [0.1, 0.15) is 6.29 Å². The maximum atomic E-state index is 11.5. The summed E-state index contributed by atoms with van der Waals surface area (Å²) in [6.45, 7) is 5.89. The average molecular weight is 280 g/mol. The van der Waals surface area contributed by atoms with Crippen LogP contribution in [0.1, 0.15) is 18.4 Å². The van der Waals surface area contributed by atoms with Crippen LogP contribution in [0, 0.1) is 0 Å². The standard InChI is InChI=1S/C18H20N2O/c1-2-10-20-11-9-18-14-5-3-4-6-15(14)19-17(18)13(12-21)7-8-16(18)20/h2-7,12,16-17,19H,1,8-11H2/t16-,17-,18+/m0/s1. The van der Waals surface area contributed by atoms with Crippen molar-refractivity contribution in [3.8, 4) is 0 Å². The van der Waals surface area contributed by atoms with Crippen molar-refractivity contribution in [1.29, 1.82) is 0 Å². The molecular weight excluding hydrogens is 260 g/mol. The quantitative estimate of drug-likeness (QED) is 0.682. The third kappa shape index (κ3) is 1.55. The maximum absolute atomic E-state index is 11.5. The number of carbonyl (C=O) groups is 1. The highest BCUT2D eigenvalue weighted by atomic mass is 16.1. The lowest BCUT2D eigenvalue weighted by Crippen LogP contribution is -2.52. The number of carbonyl (C=O) groups excluding carboxylic acids is 1.